The van der Waals surface area contributed by atoms with Gasteiger partial charge >= 0.3 is 15.5 Å². The Morgan fingerprint density at radius 2 is 1.15 bits per heavy atom. The highest BCUT2D eigenvalue weighted by atomic mass is 31.2. The molecular formula is C20H26N12O12P2. The van der Waals surface area contributed by atoms with Gasteiger partial charge < -0.3 is 40.9 Å². The van der Waals surface area contributed by atoms with Crippen molar-refractivity contribution in [1.29, 1.82) is 0 Å². The molecule has 46 heavy (non-hydrogen) atoms. The Labute approximate surface area is 253 Å². The van der Waals surface area contributed by atoms with Crippen molar-refractivity contribution in [3.8, 4) is 0 Å². The second-order valence-electron chi connectivity index (χ2n) is 10.6. The molecular weight excluding hydrogens is 662 g/mol. The summed E-state index contributed by atoms with van der Waals surface area (Å²) in [5.74, 6) is -0.513. The van der Waals surface area contributed by atoms with Crippen LogP contribution in [0.15, 0.2) is 22.2 Å². The minimum atomic E-state index is -4.82. The quantitative estimate of drug-likeness (QED) is 0.0899. The van der Waals surface area contributed by atoms with Gasteiger partial charge in [0.1, 0.15) is 24.4 Å². The number of rotatable bonds is 2. The van der Waals surface area contributed by atoms with Gasteiger partial charge in [0.25, 0.3) is 11.1 Å². The lowest BCUT2D eigenvalue weighted by Gasteiger charge is -2.29. The van der Waals surface area contributed by atoms with E-state index >= 15 is 0 Å². The van der Waals surface area contributed by atoms with Gasteiger partial charge in [-0.15, -0.1) is 0 Å². The number of aromatic amines is 2. The first-order valence-corrected chi connectivity index (χ1v) is 16.5. The van der Waals surface area contributed by atoms with Crippen LogP contribution >= 0.6 is 15.5 Å². The molecule has 7 rings (SSSR count). The van der Waals surface area contributed by atoms with Gasteiger partial charge in [0.05, 0.1) is 38.0 Å². The van der Waals surface area contributed by atoms with E-state index in [-0.39, 0.29) is 34.2 Å². The van der Waals surface area contributed by atoms with Crippen LogP contribution in [0.25, 0.3) is 22.3 Å². The van der Waals surface area contributed by atoms with Crippen LogP contribution in [-0.2, 0) is 27.7 Å². The van der Waals surface area contributed by atoms with Gasteiger partial charge in [-0.25, -0.2) is 29.3 Å². The highest BCUT2D eigenvalue weighted by molar-refractivity contribution is 7.50. The fourth-order valence-electron chi connectivity index (χ4n) is 5.61. The SMILES string of the molecule is Nc1nc2c(ncn2[C@@H]2O[C@@H]3COP(=O)(O)NC4[C@@H](COP(=O)(O)NC3[C@@H]2O)O[C@@H](n2cnc3c(=O)[nH]c(N)nc32)[C@H]4O)c(=O)[nH]1. The zero-order valence-corrected chi connectivity index (χ0v) is 24.8. The number of imidazole rings is 2. The van der Waals surface area contributed by atoms with E-state index in [0.717, 1.165) is 21.8 Å². The van der Waals surface area contributed by atoms with Crippen molar-refractivity contribution in [2.24, 2.45) is 0 Å². The van der Waals surface area contributed by atoms with Gasteiger partial charge in [0.2, 0.25) is 11.9 Å². The van der Waals surface area contributed by atoms with Crippen LogP contribution in [0.4, 0.5) is 11.9 Å². The lowest BCUT2D eigenvalue weighted by atomic mass is 10.1. The molecule has 0 amide bonds. The molecule has 24 nitrogen and oxygen atoms in total. The second kappa shape index (κ2) is 11.0. The molecule has 4 unspecified atom stereocenters. The maximum atomic E-state index is 13.2. The number of hydrogen-bond donors (Lipinski definition) is 10. The summed E-state index contributed by atoms with van der Waals surface area (Å²) < 4.78 is 50.9. The number of nitrogens with two attached hydrogens (primary N) is 2. The predicted molar refractivity (Wildman–Crippen MR) is 150 cm³/mol. The molecule has 3 aliphatic heterocycles. The molecule has 0 aliphatic carbocycles. The third kappa shape index (κ3) is 5.33. The number of aliphatic hydroxyl groups excluding tert-OH is 2. The standard InChI is InChI=1S/C20H26N12O12P2/c21-19-25-13-9(15(35)27-19)23-3-31(13)17-11(33)7-5(43-17)1-41-45(37,38)30-8-6(2-42-46(39,40)29-7)44-18(12(8)34)32-4-24-10-14(32)26-20(22)28-16(10)36/h3-8,11-12,17-18,33-34H,1-2H2,(H2,29,39,40)(H2,30,37,38)(H3,21,25,27,35)(H3,22,26,28,36)/t5-,6-,7?,8?,11+,12+,17-,18-/m1/s1. The van der Waals surface area contributed by atoms with Crippen LogP contribution in [0.5, 0.6) is 0 Å². The maximum Gasteiger partial charge on any atom is 0.403 e. The van der Waals surface area contributed by atoms with Crippen molar-refractivity contribution < 1.29 is 47.7 Å². The zero-order chi connectivity index (χ0) is 32.7. The Balaban J connectivity index is 1.18. The highest BCUT2D eigenvalue weighted by Crippen LogP contribution is 2.47. The van der Waals surface area contributed by atoms with Gasteiger partial charge in [-0.1, -0.05) is 0 Å². The number of ether oxygens (including phenoxy) is 2. The number of aromatic nitrogens is 8. The summed E-state index contributed by atoms with van der Waals surface area (Å²) in [6.45, 7) is -1.49. The lowest BCUT2D eigenvalue weighted by Crippen LogP contribution is -2.48. The fraction of sp³-hybridized carbons (Fsp3) is 0.500. The molecule has 26 heteroatoms. The van der Waals surface area contributed by atoms with E-state index in [1.165, 1.54) is 0 Å². The monoisotopic (exact) mass is 688 g/mol. The fourth-order valence-corrected chi connectivity index (χ4v) is 7.85. The number of anilines is 2. The number of nitrogen functional groups attached to an aromatic ring is 2. The van der Waals surface area contributed by atoms with Crippen molar-refractivity contribution >= 4 is 49.7 Å². The van der Waals surface area contributed by atoms with Crippen LogP contribution < -0.4 is 32.8 Å². The summed E-state index contributed by atoms with van der Waals surface area (Å²) in [7, 11) is -9.64. The van der Waals surface area contributed by atoms with Crippen LogP contribution in [0.3, 0.4) is 0 Å². The first-order valence-electron chi connectivity index (χ1n) is 13.3. The van der Waals surface area contributed by atoms with Gasteiger partial charge in [0, 0.05) is 0 Å². The predicted octanol–water partition coefficient (Wildman–Crippen LogP) is -3.90. The molecule has 248 valence electrons. The molecule has 3 aliphatic rings. The van der Waals surface area contributed by atoms with E-state index < -0.39 is 88.8 Å². The van der Waals surface area contributed by atoms with Crippen molar-refractivity contribution in [2.75, 3.05) is 24.7 Å². The molecule has 4 aromatic heterocycles. The summed E-state index contributed by atoms with van der Waals surface area (Å²) >= 11 is 0. The Morgan fingerprint density at radius 3 is 1.54 bits per heavy atom. The number of hydrogen-bond acceptors (Lipinski definition) is 16. The summed E-state index contributed by atoms with van der Waals surface area (Å²) in [5.41, 5.74) is 9.51. The first-order chi connectivity index (χ1) is 21.7. The van der Waals surface area contributed by atoms with Crippen LogP contribution in [-0.4, -0.2) is 109 Å². The number of fused-ring (bicyclic) bond motifs is 4. The lowest BCUT2D eigenvalue weighted by molar-refractivity contribution is -0.0483. The zero-order valence-electron chi connectivity index (χ0n) is 23.0. The van der Waals surface area contributed by atoms with Crippen molar-refractivity contribution in [3.05, 3.63) is 33.4 Å². The Bertz CT molecular complexity index is 1900. The highest BCUT2D eigenvalue weighted by Gasteiger charge is 2.52. The van der Waals surface area contributed by atoms with Crippen LogP contribution in [0.1, 0.15) is 12.5 Å². The Kier molecular flexibility index (Phi) is 7.39. The minimum absolute atomic E-state index is 0.0804. The maximum absolute atomic E-state index is 13.2. The minimum Gasteiger partial charge on any atom is -0.387 e. The average Bonchev–Trinajstić information content (AvgIpc) is 3.72. The summed E-state index contributed by atoms with van der Waals surface area (Å²) in [6, 6.07) is -2.91. The van der Waals surface area contributed by atoms with Crippen LogP contribution in [0, 0.1) is 0 Å². The molecule has 0 saturated carbocycles. The van der Waals surface area contributed by atoms with Gasteiger partial charge in [-0.2, -0.15) is 9.97 Å². The summed E-state index contributed by atoms with van der Waals surface area (Å²) in [4.78, 5) is 66.4. The Morgan fingerprint density at radius 1 is 0.761 bits per heavy atom. The summed E-state index contributed by atoms with van der Waals surface area (Å²) in [5, 5.41) is 26.9. The van der Waals surface area contributed by atoms with E-state index in [1.54, 1.807) is 0 Å². The van der Waals surface area contributed by atoms with E-state index in [4.69, 9.17) is 30.0 Å². The topological polar surface area (TPSA) is 355 Å². The van der Waals surface area contributed by atoms with Gasteiger partial charge in [0.15, 0.2) is 34.8 Å². The van der Waals surface area contributed by atoms with E-state index in [2.05, 4.69) is 40.1 Å². The third-order valence-electron chi connectivity index (χ3n) is 7.65. The molecule has 12 N–H and O–H groups in total. The molecule has 0 radical (unpaired) electrons. The van der Waals surface area contributed by atoms with Crippen molar-refractivity contribution in [2.45, 2.75) is 49.0 Å². The average molecular weight is 688 g/mol. The second-order valence-corrected chi connectivity index (χ2v) is 13.7. The smallest absolute Gasteiger partial charge is 0.387 e. The number of nitrogens with zero attached hydrogens (tertiary/aromatic N) is 6. The van der Waals surface area contributed by atoms with E-state index in [1.807, 2.05) is 0 Å². The van der Waals surface area contributed by atoms with Gasteiger partial charge in [-0.05, 0) is 0 Å². The van der Waals surface area contributed by atoms with Crippen molar-refractivity contribution in [1.82, 2.24) is 49.2 Å². The number of H-pyrrole nitrogens is 2. The molecule has 3 fully saturated rings. The molecule has 4 aromatic rings. The summed E-state index contributed by atoms with van der Waals surface area (Å²) in [6.07, 6.45) is -6.61. The largest absolute Gasteiger partial charge is 0.403 e. The number of nitrogens with one attached hydrogen (secondary N) is 4. The third-order valence-corrected chi connectivity index (χ3v) is 9.90. The number of aliphatic hydroxyl groups is 2. The van der Waals surface area contributed by atoms with Gasteiger partial charge in [-0.3, -0.25) is 37.7 Å². The molecule has 10 atom stereocenters. The molecule has 3 saturated heterocycles. The van der Waals surface area contributed by atoms with Crippen LogP contribution in [0.2, 0.25) is 0 Å². The molecule has 0 spiro atoms. The molecule has 0 bridgehead atoms. The van der Waals surface area contributed by atoms with E-state index in [9.17, 15) is 38.7 Å². The first kappa shape index (κ1) is 31.0. The normalized spacial score (nSPS) is 37.1. The van der Waals surface area contributed by atoms with Crippen molar-refractivity contribution in [3.63, 3.8) is 0 Å². The molecule has 0 aromatic carbocycles. The van der Waals surface area contributed by atoms with E-state index in [0.29, 0.717) is 0 Å². The Hall–Kier alpha value is -3.64. The molecule has 7 heterocycles.